The number of carbonyl (C=O) groups is 1. The summed E-state index contributed by atoms with van der Waals surface area (Å²) in [6, 6.07) is 16.2. The van der Waals surface area contributed by atoms with Crippen molar-refractivity contribution in [3.05, 3.63) is 70.3 Å². The van der Waals surface area contributed by atoms with Gasteiger partial charge in [-0.1, -0.05) is 52.8 Å². The van der Waals surface area contributed by atoms with E-state index in [1.165, 1.54) is 44.2 Å². The van der Waals surface area contributed by atoms with Crippen LogP contribution in [0.5, 0.6) is 0 Å². The van der Waals surface area contributed by atoms with E-state index in [-0.39, 0.29) is 10.8 Å². The average molecular weight is 464 g/mol. The zero-order valence-electron chi connectivity index (χ0n) is 21.9. The van der Waals surface area contributed by atoms with E-state index in [2.05, 4.69) is 82.1 Å². The third-order valence-electron chi connectivity index (χ3n) is 9.46. The van der Waals surface area contributed by atoms with Gasteiger partial charge in [-0.05, 0) is 108 Å². The summed E-state index contributed by atoms with van der Waals surface area (Å²) in [4.78, 5) is 17.3. The SMILES string of the molecule is CCc1cc(CC)c(-c2ccc3[nH]c4cc5c(cc4c3c2)C2(C)CCC(C)(CC2)C5=O)c(CC)c1. The van der Waals surface area contributed by atoms with Crippen LogP contribution in [0.3, 0.4) is 0 Å². The maximum absolute atomic E-state index is 13.6. The first-order chi connectivity index (χ1) is 16.8. The number of ketones is 1. The van der Waals surface area contributed by atoms with Gasteiger partial charge in [-0.2, -0.15) is 0 Å². The lowest BCUT2D eigenvalue weighted by Gasteiger charge is -2.38. The molecular weight excluding hydrogens is 426 g/mol. The maximum Gasteiger partial charge on any atom is 0.169 e. The van der Waals surface area contributed by atoms with E-state index in [4.69, 9.17) is 0 Å². The highest BCUT2D eigenvalue weighted by Gasteiger charge is 2.48. The van der Waals surface area contributed by atoms with Gasteiger partial charge >= 0.3 is 0 Å². The molecule has 2 bridgehead atoms. The smallest absolute Gasteiger partial charge is 0.169 e. The van der Waals surface area contributed by atoms with Crippen LogP contribution in [-0.4, -0.2) is 10.8 Å². The summed E-state index contributed by atoms with van der Waals surface area (Å²) in [5.41, 5.74) is 11.4. The van der Waals surface area contributed by atoms with Crippen LogP contribution >= 0.6 is 0 Å². The first-order valence-electron chi connectivity index (χ1n) is 13.6. The van der Waals surface area contributed by atoms with Crippen LogP contribution in [0, 0.1) is 5.41 Å². The lowest BCUT2D eigenvalue weighted by atomic mass is 9.65. The molecule has 2 heteroatoms. The Morgan fingerprint density at radius 3 is 2.00 bits per heavy atom. The van der Waals surface area contributed by atoms with Crippen molar-refractivity contribution in [2.75, 3.05) is 0 Å². The molecule has 3 aliphatic carbocycles. The predicted molar refractivity (Wildman–Crippen MR) is 148 cm³/mol. The molecule has 0 saturated heterocycles. The average Bonchev–Trinajstić information content (AvgIpc) is 3.18. The molecule has 180 valence electrons. The van der Waals surface area contributed by atoms with Crippen molar-refractivity contribution in [3.63, 3.8) is 0 Å². The molecule has 0 unspecified atom stereocenters. The summed E-state index contributed by atoms with van der Waals surface area (Å²) in [6.45, 7) is 11.3. The molecule has 1 fully saturated rings. The second-order valence-electron chi connectivity index (χ2n) is 11.6. The van der Waals surface area contributed by atoms with Crippen LogP contribution in [0.15, 0.2) is 42.5 Å². The maximum atomic E-state index is 13.6. The first kappa shape index (κ1) is 22.6. The third kappa shape index (κ3) is 3.25. The molecule has 0 amide bonds. The Kier molecular flexibility index (Phi) is 5.04. The molecule has 0 spiro atoms. The van der Waals surface area contributed by atoms with Gasteiger partial charge in [-0.25, -0.2) is 0 Å². The standard InChI is InChI=1S/C33H37NO/c1-6-20-15-21(7-2)30(22(8-3)16-20)23-9-10-28-24(17-23)25-18-27-26(19-29(25)34-28)31(35)33(5)13-11-32(27,4)12-14-33/h9-10,15-19,34H,6-8,11-14H2,1-5H3. The van der Waals surface area contributed by atoms with Gasteiger partial charge in [0.15, 0.2) is 5.78 Å². The predicted octanol–water partition coefficient (Wildman–Crippen LogP) is 8.71. The molecule has 0 aliphatic heterocycles. The van der Waals surface area contributed by atoms with Crippen molar-refractivity contribution in [2.24, 2.45) is 5.41 Å². The molecule has 1 saturated carbocycles. The second kappa shape index (κ2) is 7.82. The molecule has 1 N–H and O–H groups in total. The van der Waals surface area contributed by atoms with Crippen molar-refractivity contribution in [1.29, 1.82) is 0 Å². The number of aromatic amines is 1. The topological polar surface area (TPSA) is 32.9 Å². The second-order valence-corrected chi connectivity index (χ2v) is 11.6. The van der Waals surface area contributed by atoms with Crippen LogP contribution in [0.4, 0.5) is 0 Å². The lowest BCUT2D eigenvalue weighted by Crippen LogP contribution is -2.33. The molecule has 1 aromatic heterocycles. The Morgan fingerprint density at radius 1 is 0.743 bits per heavy atom. The number of Topliss-reactive ketones (excluding diaryl/α,β-unsaturated/α-hetero) is 1. The van der Waals surface area contributed by atoms with Gasteiger partial charge in [-0.15, -0.1) is 0 Å². The van der Waals surface area contributed by atoms with Gasteiger partial charge in [-0.3, -0.25) is 4.79 Å². The number of H-pyrrole nitrogens is 1. The summed E-state index contributed by atoms with van der Waals surface area (Å²) in [5, 5.41) is 2.52. The number of hydrogen-bond acceptors (Lipinski definition) is 1. The fraction of sp³-hybridized carbons (Fsp3) is 0.424. The Morgan fingerprint density at radius 2 is 1.37 bits per heavy atom. The van der Waals surface area contributed by atoms with Gasteiger partial charge in [0.2, 0.25) is 0 Å². The fourth-order valence-corrected chi connectivity index (χ4v) is 6.94. The van der Waals surface area contributed by atoms with Crippen molar-refractivity contribution in [3.8, 4) is 11.1 Å². The molecular formula is C33H37NO. The van der Waals surface area contributed by atoms with Gasteiger partial charge in [0.25, 0.3) is 0 Å². The molecule has 3 aliphatic rings. The Hall–Kier alpha value is -2.87. The van der Waals surface area contributed by atoms with Crippen LogP contribution in [0.2, 0.25) is 0 Å². The van der Waals surface area contributed by atoms with Gasteiger partial charge in [0.1, 0.15) is 0 Å². The highest BCUT2D eigenvalue weighted by Crippen LogP contribution is 2.53. The minimum absolute atomic E-state index is 0.0944. The van der Waals surface area contributed by atoms with E-state index in [1.54, 1.807) is 0 Å². The third-order valence-corrected chi connectivity index (χ3v) is 9.46. The Balaban J connectivity index is 1.59. The highest BCUT2D eigenvalue weighted by molar-refractivity contribution is 6.12. The zero-order valence-corrected chi connectivity index (χ0v) is 21.9. The van der Waals surface area contributed by atoms with E-state index in [0.717, 1.165) is 61.5 Å². The van der Waals surface area contributed by atoms with E-state index in [9.17, 15) is 4.79 Å². The monoisotopic (exact) mass is 463 g/mol. The molecule has 7 rings (SSSR count). The van der Waals surface area contributed by atoms with Gasteiger partial charge in [0.05, 0.1) is 0 Å². The lowest BCUT2D eigenvalue weighted by molar-refractivity contribution is 0.0732. The number of nitrogens with one attached hydrogen (secondary N) is 1. The van der Waals surface area contributed by atoms with Crippen molar-refractivity contribution < 1.29 is 4.79 Å². The van der Waals surface area contributed by atoms with Crippen LogP contribution in [-0.2, 0) is 24.7 Å². The summed E-state index contributed by atoms with van der Waals surface area (Å²) >= 11 is 0. The number of rotatable bonds is 4. The number of benzene rings is 3. The number of hydrogen-bond donors (Lipinski definition) is 1. The minimum Gasteiger partial charge on any atom is -0.354 e. The molecule has 3 aromatic carbocycles. The summed E-state index contributed by atoms with van der Waals surface area (Å²) < 4.78 is 0. The molecule has 1 heterocycles. The zero-order chi connectivity index (χ0) is 24.5. The van der Waals surface area contributed by atoms with Crippen molar-refractivity contribution in [1.82, 2.24) is 4.98 Å². The van der Waals surface area contributed by atoms with Gasteiger partial charge < -0.3 is 4.98 Å². The van der Waals surface area contributed by atoms with E-state index in [0.29, 0.717) is 5.78 Å². The first-order valence-corrected chi connectivity index (χ1v) is 13.6. The van der Waals surface area contributed by atoms with E-state index in [1.807, 2.05) is 0 Å². The normalized spacial score (nSPS) is 23.7. The van der Waals surface area contributed by atoms with Crippen LogP contribution < -0.4 is 0 Å². The number of aryl methyl sites for hydroxylation is 3. The van der Waals surface area contributed by atoms with E-state index >= 15 is 0 Å². The van der Waals surface area contributed by atoms with Gasteiger partial charge in [0, 0.05) is 32.8 Å². The summed E-state index contributed by atoms with van der Waals surface area (Å²) in [5.74, 6) is 0.353. The number of fused-ring (bicyclic) bond motifs is 5. The quantitative estimate of drug-likeness (QED) is 0.322. The molecule has 4 aromatic rings. The van der Waals surface area contributed by atoms with Crippen molar-refractivity contribution in [2.45, 2.75) is 85.0 Å². The number of carbonyl (C=O) groups excluding carboxylic acids is 1. The molecule has 0 radical (unpaired) electrons. The summed E-state index contributed by atoms with van der Waals surface area (Å²) in [7, 11) is 0. The fourth-order valence-electron chi connectivity index (χ4n) is 6.94. The highest BCUT2D eigenvalue weighted by atomic mass is 16.1. The Labute approximate surface area is 209 Å². The largest absolute Gasteiger partial charge is 0.354 e. The molecule has 2 nitrogen and oxygen atoms in total. The number of aromatic nitrogens is 1. The van der Waals surface area contributed by atoms with Crippen LogP contribution in [0.1, 0.15) is 92.9 Å². The minimum atomic E-state index is -0.199. The molecule has 35 heavy (non-hydrogen) atoms. The van der Waals surface area contributed by atoms with Crippen molar-refractivity contribution >= 4 is 27.6 Å². The summed E-state index contributed by atoms with van der Waals surface area (Å²) in [6.07, 6.45) is 7.36. The van der Waals surface area contributed by atoms with E-state index < -0.39 is 0 Å². The Bertz CT molecular complexity index is 1470. The van der Waals surface area contributed by atoms with Crippen LogP contribution in [0.25, 0.3) is 32.9 Å². The molecule has 0 atom stereocenters.